The maximum absolute atomic E-state index is 8.13. The molecule has 0 aliphatic carbocycles. The van der Waals surface area contributed by atoms with E-state index >= 15 is 0 Å². The Morgan fingerprint density at radius 3 is 2.94 bits per heavy atom. The number of H-pyrrole nitrogens is 1. The minimum Gasteiger partial charge on any atom is -0.277 e. The summed E-state index contributed by atoms with van der Waals surface area (Å²) < 4.78 is 0. The normalized spacial score (nSPS) is 8.94. The quantitative estimate of drug-likeness (QED) is 0.361. The topological polar surface area (TPSA) is 77.4 Å². The first-order chi connectivity index (χ1) is 8.42. The zero-order chi connectivity index (χ0) is 11.9. The Labute approximate surface area is 98.1 Å². The zero-order valence-corrected chi connectivity index (χ0v) is 8.96. The molecule has 2 aromatic rings. The maximum atomic E-state index is 8.13. The van der Waals surface area contributed by atoms with Crippen molar-refractivity contribution in [1.82, 2.24) is 10.2 Å². The standard InChI is InChI=1S/C12H9N5/c13-17-14-8-4-7-11-9-15-16-12(11)10-5-2-1-3-6-10/h1-3,5-6,9H,8H2,(H,15,16). The highest BCUT2D eigenvalue weighted by Crippen LogP contribution is 2.19. The lowest BCUT2D eigenvalue weighted by Crippen LogP contribution is -1.81. The lowest BCUT2D eigenvalue weighted by Gasteiger charge is -1.96. The molecule has 1 aromatic heterocycles. The molecule has 0 spiro atoms. The third-order valence-electron chi connectivity index (χ3n) is 2.14. The van der Waals surface area contributed by atoms with Gasteiger partial charge in [-0.15, -0.1) is 0 Å². The van der Waals surface area contributed by atoms with E-state index < -0.39 is 0 Å². The molecule has 5 heteroatoms. The van der Waals surface area contributed by atoms with Crippen LogP contribution in [0.3, 0.4) is 0 Å². The molecule has 82 valence electrons. The van der Waals surface area contributed by atoms with E-state index in [2.05, 4.69) is 32.1 Å². The molecule has 0 amide bonds. The lowest BCUT2D eigenvalue weighted by molar-refractivity contribution is 1.10. The molecule has 0 saturated carbocycles. The van der Waals surface area contributed by atoms with Crippen molar-refractivity contribution in [1.29, 1.82) is 0 Å². The SMILES string of the molecule is [N-]=[N+]=NCC#Cc1cn[nH]c1-c1ccccc1. The van der Waals surface area contributed by atoms with Gasteiger partial charge in [-0.2, -0.15) is 5.10 Å². The van der Waals surface area contributed by atoms with Crippen molar-refractivity contribution < 1.29 is 0 Å². The predicted octanol–water partition coefficient (Wildman–Crippen LogP) is 2.74. The highest BCUT2D eigenvalue weighted by atomic mass is 15.1. The number of aromatic amines is 1. The van der Waals surface area contributed by atoms with Crippen LogP contribution in [0.25, 0.3) is 21.7 Å². The van der Waals surface area contributed by atoms with Crippen molar-refractivity contribution in [3.63, 3.8) is 0 Å². The van der Waals surface area contributed by atoms with E-state index in [9.17, 15) is 0 Å². The summed E-state index contributed by atoms with van der Waals surface area (Å²) in [7, 11) is 0. The van der Waals surface area contributed by atoms with Gasteiger partial charge in [-0.3, -0.25) is 5.10 Å². The van der Waals surface area contributed by atoms with E-state index in [4.69, 9.17) is 5.53 Å². The summed E-state index contributed by atoms with van der Waals surface area (Å²) in [5, 5.41) is 10.2. The number of rotatable bonds is 2. The molecule has 2 rings (SSSR count). The van der Waals surface area contributed by atoms with Gasteiger partial charge in [0.25, 0.3) is 0 Å². The molecule has 17 heavy (non-hydrogen) atoms. The molecule has 1 N–H and O–H groups in total. The molecule has 0 aliphatic rings. The van der Waals surface area contributed by atoms with E-state index in [0.29, 0.717) is 0 Å². The van der Waals surface area contributed by atoms with Gasteiger partial charge in [-0.25, -0.2) is 0 Å². The van der Waals surface area contributed by atoms with Gasteiger partial charge >= 0.3 is 0 Å². The third-order valence-corrected chi connectivity index (χ3v) is 2.14. The summed E-state index contributed by atoms with van der Waals surface area (Å²) in [4.78, 5) is 2.63. The predicted molar refractivity (Wildman–Crippen MR) is 64.9 cm³/mol. The van der Waals surface area contributed by atoms with E-state index in [-0.39, 0.29) is 6.54 Å². The molecule has 0 bridgehead atoms. The Morgan fingerprint density at radius 2 is 2.18 bits per heavy atom. The summed E-state index contributed by atoms with van der Waals surface area (Å²) in [5.74, 6) is 5.69. The molecule has 0 aliphatic heterocycles. The summed E-state index contributed by atoms with van der Waals surface area (Å²) in [5.41, 5.74) is 10.8. The van der Waals surface area contributed by atoms with Crippen LogP contribution < -0.4 is 0 Å². The molecule has 0 unspecified atom stereocenters. The molecule has 5 nitrogen and oxygen atoms in total. The fraction of sp³-hybridized carbons (Fsp3) is 0.0833. The molecular weight excluding hydrogens is 214 g/mol. The Bertz CT molecular complexity index is 597. The van der Waals surface area contributed by atoms with Gasteiger partial charge in [0.2, 0.25) is 0 Å². The van der Waals surface area contributed by atoms with Crippen molar-refractivity contribution in [3.8, 4) is 23.1 Å². The average molecular weight is 223 g/mol. The minimum atomic E-state index is 0.163. The van der Waals surface area contributed by atoms with Gasteiger partial charge < -0.3 is 0 Å². The molecule has 1 heterocycles. The van der Waals surface area contributed by atoms with Gasteiger partial charge in [0.05, 0.1) is 24.0 Å². The number of aromatic nitrogens is 2. The van der Waals surface area contributed by atoms with Crippen LogP contribution in [0, 0.1) is 11.8 Å². The summed E-state index contributed by atoms with van der Waals surface area (Å²) in [6.45, 7) is 0.163. The van der Waals surface area contributed by atoms with Crippen LogP contribution >= 0.6 is 0 Å². The van der Waals surface area contributed by atoms with Crippen molar-refractivity contribution in [2.45, 2.75) is 0 Å². The Kier molecular flexibility index (Phi) is 3.43. The van der Waals surface area contributed by atoms with E-state index in [1.165, 1.54) is 0 Å². The van der Waals surface area contributed by atoms with Crippen molar-refractivity contribution in [3.05, 3.63) is 52.5 Å². The van der Waals surface area contributed by atoms with E-state index in [0.717, 1.165) is 16.8 Å². The number of azide groups is 1. The highest BCUT2D eigenvalue weighted by Gasteiger charge is 2.03. The van der Waals surface area contributed by atoms with E-state index in [1.54, 1.807) is 6.20 Å². The average Bonchev–Trinajstić information content (AvgIpc) is 2.84. The van der Waals surface area contributed by atoms with E-state index in [1.807, 2.05) is 30.3 Å². The van der Waals surface area contributed by atoms with Crippen molar-refractivity contribution >= 4 is 0 Å². The zero-order valence-electron chi connectivity index (χ0n) is 8.96. The second-order valence-corrected chi connectivity index (χ2v) is 3.22. The molecule has 1 aromatic carbocycles. The number of hydrogen-bond donors (Lipinski definition) is 1. The van der Waals surface area contributed by atoms with Crippen LogP contribution in [-0.2, 0) is 0 Å². The molecule has 0 saturated heterocycles. The van der Waals surface area contributed by atoms with Gasteiger partial charge in [0.15, 0.2) is 0 Å². The monoisotopic (exact) mass is 223 g/mol. The second kappa shape index (κ2) is 5.40. The molecule has 0 fully saturated rings. The molecular formula is C12H9N5. The lowest BCUT2D eigenvalue weighted by atomic mass is 10.1. The fourth-order valence-electron chi connectivity index (χ4n) is 1.41. The van der Waals surface area contributed by atoms with Crippen molar-refractivity contribution in [2.75, 3.05) is 6.54 Å². The van der Waals surface area contributed by atoms with Crippen LogP contribution in [-0.4, -0.2) is 16.7 Å². The fourth-order valence-corrected chi connectivity index (χ4v) is 1.41. The van der Waals surface area contributed by atoms with Crippen LogP contribution in [0.1, 0.15) is 5.56 Å². The first-order valence-corrected chi connectivity index (χ1v) is 5.00. The second-order valence-electron chi connectivity index (χ2n) is 3.22. The van der Waals surface area contributed by atoms with Gasteiger partial charge in [0.1, 0.15) is 0 Å². The first-order valence-electron chi connectivity index (χ1n) is 5.00. The van der Waals surface area contributed by atoms with Crippen LogP contribution in [0.5, 0.6) is 0 Å². The number of nitrogens with zero attached hydrogens (tertiary/aromatic N) is 4. The van der Waals surface area contributed by atoms with Crippen molar-refractivity contribution in [2.24, 2.45) is 5.11 Å². The summed E-state index contributed by atoms with van der Waals surface area (Å²) in [6, 6.07) is 9.81. The van der Waals surface area contributed by atoms with Crippen LogP contribution in [0.2, 0.25) is 0 Å². The molecule has 0 atom stereocenters. The number of nitrogens with one attached hydrogen (secondary N) is 1. The minimum absolute atomic E-state index is 0.163. The van der Waals surface area contributed by atoms with Gasteiger partial charge in [-0.05, 0) is 5.53 Å². The van der Waals surface area contributed by atoms with Gasteiger partial charge in [-0.1, -0.05) is 47.3 Å². The Morgan fingerprint density at radius 1 is 1.35 bits per heavy atom. The molecule has 0 radical (unpaired) electrons. The summed E-state index contributed by atoms with van der Waals surface area (Å²) >= 11 is 0. The Balaban J connectivity index is 2.28. The maximum Gasteiger partial charge on any atom is 0.0880 e. The van der Waals surface area contributed by atoms with Crippen LogP contribution in [0.15, 0.2) is 41.6 Å². The highest BCUT2D eigenvalue weighted by molar-refractivity contribution is 5.66. The van der Waals surface area contributed by atoms with Gasteiger partial charge in [0, 0.05) is 10.5 Å². The first kappa shape index (κ1) is 10.8. The van der Waals surface area contributed by atoms with Crippen LogP contribution in [0.4, 0.5) is 0 Å². The number of hydrogen-bond acceptors (Lipinski definition) is 2. The Hall–Kier alpha value is -2.70. The summed E-state index contributed by atoms with van der Waals surface area (Å²) in [6.07, 6.45) is 1.66. The third kappa shape index (κ3) is 2.65. The largest absolute Gasteiger partial charge is 0.277 e. The number of benzene rings is 1. The smallest absolute Gasteiger partial charge is 0.0880 e.